The molecule has 0 fully saturated rings. The number of aromatic nitrogens is 2. The third-order valence-electron chi connectivity index (χ3n) is 3.40. The fraction of sp³-hybridized carbons (Fsp3) is 0.0625. The number of aromatic amines is 1. The van der Waals surface area contributed by atoms with E-state index in [4.69, 9.17) is 11.6 Å². The van der Waals surface area contributed by atoms with Crippen LogP contribution in [0.4, 0.5) is 0 Å². The molecule has 0 unspecified atom stereocenters. The highest BCUT2D eigenvalue weighted by molar-refractivity contribution is 9.10. The quantitative estimate of drug-likeness (QED) is 0.594. The minimum Gasteiger partial charge on any atom is -0.507 e. The van der Waals surface area contributed by atoms with Crippen molar-refractivity contribution in [2.24, 2.45) is 0 Å². The van der Waals surface area contributed by atoms with Crippen LogP contribution in [0.5, 0.6) is 11.5 Å². The summed E-state index contributed by atoms with van der Waals surface area (Å²) in [6, 6.07) is 10.5. The van der Waals surface area contributed by atoms with Gasteiger partial charge in [0.05, 0.1) is 5.02 Å². The summed E-state index contributed by atoms with van der Waals surface area (Å²) in [6.45, 7) is 1.91. The molecule has 0 bridgehead atoms. The zero-order chi connectivity index (χ0) is 15.9. The van der Waals surface area contributed by atoms with Crippen LogP contribution in [-0.4, -0.2) is 20.4 Å². The summed E-state index contributed by atoms with van der Waals surface area (Å²) in [7, 11) is 0. The minimum absolute atomic E-state index is 0.0771. The van der Waals surface area contributed by atoms with Gasteiger partial charge in [-0.1, -0.05) is 39.7 Å². The van der Waals surface area contributed by atoms with Gasteiger partial charge in [0.2, 0.25) is 0 Å². The van der Waals surface area contributed by atoms with E-state index >= 15 is 0 Å². The Morgan fingerprint density at radius 1 is 1.09 bits per heavy atom. The fourth-order valence-corrected chi connectivity index (χ4v) is 2.76. The maximum absolute atomic E-state index is 10.1. The monoisotopic (exact) mass is 378 g/mol. The molecule has 2 aromatic carbocycles. The van der Waals surface area contributed by atoms with Crippen LogP contribution in [-0.2, 0) is 0 Å². The van der Waals surface area contributed by atoms with E-state index in [9.17, 15) is 10.2 Å². The Balaban J connectivity index is 2.22. The van der Waals surface area contributed by atoms with E-state index in [0.29, 0.717) is 11.3 Å². The van der Waals surface area contributed by atoms with Gasteiger partial charge < -0.3 is 10.2 Å². The van der Waals surface area contributed by atoms with E-state index in [-0.39, 0.29) is 16.5 Å². The van der Waals surface area contributed by atoms with Gasteiger partial charge in [0, 0.05) is 27.4 Å². The SMILES string of the molecule is Cc1[nH]nc(-c2cc(Cl)c(O)cc2O)c1-c1ccc(Br)cc1. The highest BCUT2D eigenvalue weighted by Crippen LogP contribution is 2.41. The predicted molar refractivity (Wildman–Crippen MR) is 90.2 cm³/mol. The van der Waals surface area contributed by atoms with Crippen molar-refractivity contribution in [3.63, 3.8) is 0 Å². The number of rotatable bonds is 2. The van der Waals surface area contributed by atoms with Crippen molar-refractivity contribution in [3.05, 3.63) is 51.6 Å². The Morgan fingerprint density at radius 3 is 2.45 bits per heavy atom. The van der Waals surface area contributed by atoms with Gasteiger partial charge in [0.15, 0.2) is 0 Å². The van der Waals surface area contributed by atoms with Gasteiger partial charge >= 0.3 is 0 Å². The van der Waals surface area contributed by atoms with Gasteiger partial charge in [-0.2, -0.15) is 5.10 Å². The molecule has 0 atom stereocenters. The third-order valence-corrected chi connectivity index (χ3v) is 4.23. The maximum atomic E-state index is 10.1. The number of H-pyrrole nitrogens is 1. The number of aromatic hydroxyl groups is 2. The van der Waals surface area contributed by atoms with Crippen LogP contribution >= 0.6 is 27.5 Å². The van der Waals surface area contributed by atoms with Crippen molar-refractivity contribution < 1.29 is 10.2 Å². The van der Waals surface area contributed by atoms with Crippen molar-refractivity contribution in [2.45, 2.75) is 6.92 Å². The number of nitrogens with zero attached hydrogens (tertiary/aromatic N) is 1. The Labute approximate surface area is 140 Å². The highest BCUT2D eigenvalue weighted by Gasteiger charge is 2.18. The molecule has 112 valence electrons. The molecule has 0 saturated heterocycles. The summed E-state index contributed by atoms with van der Waals surface area (Å²) in [4.78, 5) is 0. The molecule has 0 radical (unpaired) electrons. The van der Waals surface area contributed by atoms with Crippen molar-refractivity contribution in [1.29, 1.82) is 0 Å². The summed E-state index contributed by atoms with van der Waals surface area (Å²) >= 11 is 9.37. The largest absolute Gasteiger partial charge is 0.507 e. The standard InChI is InChI=1S/C16H12BrClN2O2/c1-8-15(9-2-4-10(17)5-3-9)16(20-19-8)11-6-12(18)14(22)7-13(11)21/h2-7,21-22H,1H3,(H,19,20). The van der Waals surface area contributed by atoms with E-state index in [0.717, 1.165) is 21.3 Å². The van der Waals surface area contributed by atoms with E-state index in [1.54, 1.807) is 0 Å². The van der Waals surface area contributed by atoms with Crippen LogP contribution in [0.15, 0.2) is 40.9 Å². The minimum atomic E-state index is -0.166. The molecule has 0 aliphatic carbocycles. The smallest absolute Gasteiger partial charge is 0.137 e. The molecule has 0 spiro atoms. The third kappa shape index (κ3) is 2.58. The molecular formula is C16H12BrClN2O2. The summed E-state index contributed by atoms with van der Waals surface area (Å²) in [6.07, 6.45) is 0. The summed E-state index contributed by atoms with van der Waals surface area (Å²) in [5.41, 5.74) is 3.77. The van der Waals surface area contributed by atoms with E-state index in [1.807, 2.05) is 31.2 Å². The lowest BCUT2D eigenvalue weighted by Gasteiger charge is -2.08. The molecule has 0 aliphatic rings. The number of halogens is 2. The van der Waals surface area contributed by atoms with E-state index in [1.165, 1.54) is 12.1 Å². The maximum Gasteiger partial charge on any atom is 0.137 e. The van der Waals surface area contributed by atoms with Gasteiger partial charge in [-0.25, -0.2) is 0 Å². The summed E-state index contributed by atoms with van der Waals surface area (Å²) < 4.78 is 0.981. The van der Waals surface area contributed by atoms with Crippen LogP contribution in [0.25, 0.3) is 22.4 Å². The van der Waals surface area contributed by atoms with Crippen LogP contribution in [0.1, 0.15) is 5.69 Å². The Kier molecular flexibility index (Phi) is 3.85. The highest BCUT2D eigenvalue weighted by atomic mass is 79.9. The molecule has 0 aliphatic heterocycles. The molecular weight excluding hydrogens is 368 g/mol. The molecule has 3 rings (SSSR count). The first kappa shape index (κ1) is 14.9. The lowest BCUT2D eigenvalue weighted by molar-refractivity contribution is 0.452. The number of hydrogen-bond acceptors (Lipinski definition) is 3. The van der Waals surface area contributed by atoms with Gasteiger partial charge in [-0.15, -0.1) is 0 Å². The van der Waals surface area contributed by atoms with Crippen LogP contribution in [0.2, 0.25) is 5.02 Å². The molecule has 0 saturated carbocycles. The first-order valence-corrected chi connectivity index (χ1v) is 7.67. The number of phenolic OH excluding ortho intramolecular Hbond substituents is 2. The van der Waals surface area contributed by atoms with Gasteiger partial charge in [-0.05, 0) is 30.7 Å². The van der Waals surface area contributed by atoms with Crippen molar-refractivity contribution in [1.82, 2.24) is 10.2 Å². The van der Waals surface area contributed by atoms with Gasteiger partial charge in [0.25, 0.3) is 0 Å². The topological polar surface area (TPSA) is 69.1 Å². The first-order valence-electron chi connectivity index (χ1n) is 6.50. The molecule has 1 aromatic heterocycles. The average molecular weight is 380 g/mol. The number of nitrogens with one attached hydrogen (secondary N) is 1. The Bertz CT molecular complexity index is 844. The van der Waals surface area contributed by atoms with Crippen molar-refractivity contribution in [3.8, 4) is 33.9 Å². The molecule has 3 N–H and O–H groups in total. The summed E-state index contributed by atoms with van der Waals surface area (Å²) in [5.74, 6) is -0.243. The fourth-order valence-electron chi connectivity index (χ4n) is 2.33. The molecule has 22 heavy (non-hydrogen) atoms. The number of phenols is 2. The second-order valence-corrected chi connectivity index (χ2v) is 6.22. The molecule has 4 nitrogen and oxygen atoms in total. The second-order valence-electron chi connectivity index (χ2n) is 4.90. The van der Waals surface area contributed by atoms with Crippen molar-refractivity contribution >= 4 is 27.5 Å². The number of aryl methyl sites for hydroxylation is 1. The van der Waals surface area contributed by atoms with E-state index < -0.39 is 0 Å². The van der Waals surface area contributed by atoms with Crippen LogP contribution in [0, 0.1) is 6.92 Å². The Morgan fingerprint density at radius 2 is 1.77 bits per heavy atom. The zero-order valence-corrected chi connectivity index (χ0v) is 13.9. The van der Waals surface area contributed by atoms with Gasteiger partial charge in [-0.3, -0.25) is 5.10 Å². The zero-order valence-electron chi connectivity index (χ0n) is 11.6. The van der Waals surface area contributed by atoms with E-state index in [2.05, 4.69) is 26.1 Å². The molecule has 3 aromatic rings. The molecule has 6 heteroatoms. The lowest BCUT2D eigenvalue weighted by Crippen LogP contribution is -1.86. The average Bonchev–Trinajstić information content (AvgIpc) is 2.85. The van der Waals surface area contributed by atoms with Crippen molar-refractivity contribution in [2.75, 3.05) is 0 Å². The lowest BCUT2D eigenvalue weighted by atomic mass is 9.99. The normalized spacial score (nSPS) is 10.9. The predicted octanol–water partition coefficient (Wildman–Crippen LogP) is 4.88. The summed E-state index contributed by atoms with van der Waals surface area (Å²) in [5, 5.41) is 27.1. The molecule has 1 heterocycles. The second kappa shape index (κ2) is 5.66. The Hall–Kier alpha value is -1.98. The van der Waals surface area contributed by atoms with Crippen LogP contribution < -0.4 is 0 Å². The number of hydrogen-bond donors (Lipinski definition) is 3. The first-order chi connectivity index (χ1) is 10.5. The number of benzene rings is 2. The molecule has 0 amide bonds. The van der Waals surface area contributed by atoms with Gasteiger partial charge in [0.1, 0.15) is 17.2 Å². The van der Waals surface area contributed by atoms with Crippen LogP contribution in [0.3, 0.4) is 0 Å².